The van der Waals surface area contributed by atoms with Crippen LogP contribution in [0.1, 0.15) is 25.5 Å². The quantitative estimate of drug-likeness (QED) is 0.867. The Bertz CT molecular complexity index is 357. The molecule has 1 unspecified atom stereocenters. The Labute approximate surface area is 115 Å². The summed E-state index contributed by atoms with van der Waals surface area (Å²) in [6, 6.07) is 7.20. The van der Waals surface area contributed by atoms with Crippen molar-refractivity contribution in [1.82, 2.24) is 4.90 Å². The molecule has 0 aromatic heterocycles. The molecule has 1 aromatic carbocycles. The van der Waals surface area contributed by atoms with E-state index < -0.39 is 12.5 Å². The summed E-state index contributed by atoms with van der Waals surface area (Å²) in [7, 11) is 0. The van der Waals surface area contributed by atoms with Crippen LogP contribution in [0.15, 0.2) is 28.7 Å². The maximum Gasteiger partial charge on any atom is 0.251 e. The third-order valence-corrected chi connectivity index (χ3v) is 3.29. The Balaban J connectivity index is 2.65. The van der Waals surface area contributed by atoms with Gasteiger partial charge in [0.15, 0.2) is 0 Å². The van der Waals surface area contributed by atoms with Crippen LogP contribution >= 0.6 is 15.9 Å². The molecule has 1 N–H and O–H groups in total. The lowest BCUT2D eigenvalue weighted by Crippen LogP contribution is -2.38. The summed E-state index contributed by atoms with van der Waals surface area (Å²) in [6.45, 7) is 3.59. The van der Waals surface area contributed by atoms with Gasteiger partial charge >= 0.3 is 0 Å². The second-order valence-corrected chi connectivity index (χ2v) is 5.42. The van der Waals surface area contributed by atoms with Crippen LogP contribution in [0.25, 0.3) is 0 Å². The molecule has 0 spiro atoms. The summed E-state index contributed by atoms with van der Waals surface area (Å²) in [4.78, 5) is 1.58. The van der Waals surface area contributed by atoms with Gasteiger partial charge < -0.3 is 5.11 Å². The molecule has 1 rings (SSSR count). The first kappa shape index (κ1) is 15.5. The molecule has 0 fully saturated rings. The largest absolute Gasteiger partial charge is 0.387 e. The molecule has 102 valence electrons. The van der Waals surface area contributed by atoms with Crippen LogP contribution in [-0.2, 0) is 0 Å². The van der Waals surface area contributed by atoms with Gasteiger partial charge in [0.2, 0.25) is 0 Å². The molecule has 0 aliphatic rings. The van der Waals surface area contributed by atoms with Gasteiger partial charge in [0.25, 0.3) is 6.43 Å². The molecule has 0 saturated heterocycles. The van der Waals surface area contributed by atoms with Crippen molar-refractivity contribution in [2.24, 2.45) is 0 Å². The summed E-state index contributed by atoms with van der Waals surface area (Å²) in [5.41, 5.74) is 0.734. The molecule has 0 heterocycles. The summed E-state index contributed by atoms with van der Waals surface area (Å²) in [5, 5.41) is 10.0. The predicted molar refractivity (Wildman–Crippen MR) is 71.8 cm³/mol. The fourth-order valence-electron chi connectivity index (χ4n) is 1.69. The molecular weight excluding hydrogens is 304 g/mol. The first-order chi connectivity index (χ1) is 8.40. The highest BCUT2D eigenvalue weighted by molar-refractivity contribution is 9.10. The first-order valence-corrected chi connectivity index (χ1v) is 6.65. The maximum atomic E-state index is 12.4. The Kier molecular flexibility index (Phi) is 6.18. The minimum absolute atomic E-state index is 0.0240. The molecule has 0 amide bonds. The van der Waals surface area contributed by atoms with Gasteiger partial charge in [0.05, 0.1) is 12.6 Å². The number of hydrogen-bond acceptors (Lipinski definition) is 2. The van der Waals surface area contributed by atoms with Crippen molar-refractivity contribution in [2.45, 2.75) is 32.4 Å². The standard InChI is InChI=1S/C13H18BrF2NO/c1-9(2)17(8-13(15)16)7-12(18)10-3-5-11(14)6-4-10/h3-6,9,12-13,18H,7-8H2,1-2H3. The number of nitrogens with zero attached hydrogens (tertiary/aromatic N) is 1. The zero-order chi connectivity index (χ0) is 13.7. The van der Waals surface area contributed by atoms with Gasteiger partial charge in [-0.05, 0) is 31.5 Å². The molecule has 1 atom stereocenters. The monoisotopic (exact) mass is 321 g/mol. The second-order valence-electron chi connectivity index (χ2n) is 4.51. The van der Waals surface area contributed by atoms with E-state index in [1.165, 1.54) is 0 Å². The highest BCUT2D eigenvalue weighted by atomic mass is 79.9. The van der Waals surface area contributed by atoms with E-state index in [1.54, 1.807) is 17.0 Å². The molecule has 0 saturated carbocycles. The molecule has 0 aliphatic carbocycles. The Morgan fingerprint density at radius 1 is 1.17 bits per heavy atom. The third-order valence-electron chi connectivity index (χ3n) is 2.77. The Hall–Kier alpha value is -0.520. The lowest BCUT2D eigenvalue weighted by molar-refractivity contribution is 0.0390. The maximum absolute atomic E-state index is 12.4. The van der Waals surface area contributed by atoms with Crippen LogP contribution in [0.3, 0.4) is 0 Å². The third kappa shape index (κ3) is 5.00. The van der Waals surface area contributed by atoms with Gasteiger partial charge in [-0.3, -0.25) is 4.90 Å². The van der Waals surface area contributed by atoms with Gasteiger partial charge in [-0.25, -0.2) is 8.78 Å². The van der Waals surface area contributed by atoms with Crippen molar-refractivity contribution in [3.8, 4) is 0 Å². The van der Waals surface area contributed by atoms with Gasteiger partial charge in [-0.2, -0.15) is 0 Å². The van der Waals surface area contributed by atoms with Crippen molar-refractivity contribution >= 4 is 15.9 Å². The number of benzene rings is 1. The van der Waals surface area contributed by atoms with Gasteiger partial charge in [0.1, 0.15) is 0 Å². The van der Waals surface area contributed by atoms with Gasteiger partial charge in [-0.1, -0.05) is 28.1 Å². The summed E-state index contributed by atoms with van der Waals surface area (Å²) in [5.74, 6) is 0. The van der Waals surface area contributed by atoms with E-state index in [0.29, 0.717) is 0 Å². The van der Waals surface area contributed by atoms with Crippen LogP contribution in [0.2, 0.25) is 0 Å². The van der Waals surface area contributed by atoms with Gasteiger partial charge in [-0.15, -0.1) is 0 Å². The Morgan fingerprint density at radius 3 is 2.17 bits per heavy atom. The average molecular weight is 322 g/mol. The molecule has 0 bridgehead atoms. The van der Waals surface area contributed by atoms with E-state index in [0.717, 1.165) is 10.0 Å². The van der Waals surface area contributed by atoms with Crippen molar-refractivity contribution in [1.29, 1.82) is 0 Å². The number of alkyl halides is 2. The summed E-state index contributed by atoms with van der Waals surface area (Å²) < 4.78 is 25.8. The van der Waals surface area contributed by atoms with Crippen LogP contribution in [0.5, 0.6) is 0 Å². The van der Waals surface area contributed by atoms with E-state index >= 15 is 0 Å². The van der Waals surface area contributed by atoms with Crippen molar-refractivity contribution < 1.29 is 13.9 Å². The SMILES string of the molecule is CC(C)N(CC(F)F)CC(O)c1ccc(Br)cc1. The Morgan fingerprint density at radius 2 is 1.72 bits per heavy atom. The zero-order valence-electron chi connectivity index (χ0n) is 10.5. The molecule has 5 heteroatoms. The van der Waals surface area contributed by atoms with E-state index in [1.807, 2.05) is 26.0 Å². The molecule has 0 radical (unpaired) electrons. The number of aliphatic hydroxyl groups is 1. The molecule has 0 aliphatic heterocycles. The van der Waals surface area contributed by atoms with Crippen molar-refractivity contribution in [2.75, 3.05) is 13.1 Å². The van der Waals surface area contributed by atoms with Crippen molar-refractivity contribution in [3.63, 3.8) is 0 Å². The number of rotatable bonds is 6. The molecule has 18 heavy (non-hydrogen) atoms. The zero-order valence-corrected chi connectivity index (χ0v) is 12.1. The fourth-order valence-corrected chi connectivity index (χ4v) is 1.95. The summed E-state index contributed by atoms with van der Waals surface area (Å²) >= 11 is 3.31. The number of hydrogen-bond donors (Lipinski definition) is 1. The fraction of sp³-hybridized carbons (Fsp3) is 0.538. The second kappa shape index (κ2) is 7.16. The molecular formula is C13H18BrF2NO. The lowest BCUT2D eigenvalue weighted by atomic mass is 10.1. The predicted octanol–water partition coefficient (Wildman–Crippen LogP) is 3.46. The van der Waals surface area contributed by atoms with E-state index in [-0.39, 0.29) is 19.1 Å². The number of aliphatic hydroxyl groups excluding tert-OH is 1. The van der Waals surface area contributed by atoms with Crippen LogP contribution < -0.4 is 0 Å². The minimum Gasteiger partial charge on any atom is -0.387 e. The smallest absolute Gasteiger partial charge is 0.251 e. The van der Waals surface area contributed by atoms with Crippen LogP contribution in [0.4, 0.5) is 8.78 Å². The lowest BCUT2D eigenvalue weighted by Gasteiger charge is -2.28. The van der Waals surface area contributed by atoms with Crippen LogP contribution in [-0.4, -0.2) is 35.6 Å². The van der Waals surface area contributed by atoms with Gasteiger partial charge in [0, 0.05) is 17.1 Å². The average Bonchev–Trinajstić information content (AvgIpc) is 2.28. The first-order valence-electron chi connectivity index (χ1n) is 5.86. The van der Waals surface area contributed by atoms with E-state index in [9.17, 15) is 13.9 Å². The molecule has 2 nitrogen and oxygen atoms in total. The van der Waals surface area contributed by atoms with Crippen molar-refractivity contribution in [3.05, 3.63) is 34.3 Å². The molecule has 1 aromatic rings. The minimum atomic E-state index is -2.38. The van der Waals surface area contributed by atoms with E-state index in [4.69, 9.17) is 0 Å². The highest BCUT2D eigenvalue weighted by Crippen LogP contribution is 2.19. The normalized spacial score (nSPS) is 13.6. The topological polar surface area (TPSA) is 23.5 Å². The van der Waals surface area contributed by atoms with E-state index in [2.05, 4.69) is 15.9 Å². The highest BCUT2D eigenvalue weighted by Gasteiger charge is 2.19. The number of halogens is 3. The van der Waals surface area contributed by atoms with Crippen LogP contribution in [0, 0.1) is 0 Å². The summed E-state index contributed by atoms with van der Waals surface area (Å²) in [6.07, 6.45) is -3.14.